The van der Waals surface area contributed by atoms with E-state index < -0.39 is 0 Å². The Morgan fingerprint density at radius 2 is 1.93 bits per heavy atom. The van der Waals surface area contributed by atoms with Crippen molar-refractivity contribution >= 4 is 24.8 Å². The molecule has 164 valence electrons. The van der Waals surface area contributed by atoms with Gasteiger partial charge in [0.2, 0.25) is 5.82 Å². The van der Waals surface area contributed by atoms with Gasteiger partial charge in [-0.15, -0.1) is 24.8 Å². The van der Waals surface area contributed by atoms with Crippen LogP contribution in [0.25, 0.3) is 11.3 Å². The van der Waals surface area contributed by atoms with Crippen LogP contribution in [0, 0.1) is 25.2 Å². The molecule has 3 rings (SSSR count). The highest BCUT2D eigenvalue weighted by Gasteiger charge is 2.26. The summed E-state index contributed by atoms with van der Waals surface area (Å²) >= 11 is 0. The van der Waals surface area contributed by atoms with E-state index in [1.54, 1.807) is 0 Å². The number of rotatable bonds is 7. The number of halogens is 2. The Bertz CT molecular complexity index is 865. The van der Waals surface area contributed by atoms with E-state index >= 15 is 0 Å². The van der Waals surface area contributed by atoms with Crippen molar-refractivity contribution in [3.63, 3.8) is 0 Å². The Hall–Kier alpha value is -1.71. The number of hydrogen-bond acceptors (Lipinski definition) is 5. The van der Waals surface area contributed by atoms with Gasteiger partial charge in [-0.2, -0.15) is 5.26 Å². The zero-order valence-corrected chi connectivity index (χ0v) is 20.0. The number of aromatic nitrogens is 2. The molecule has 1 aliphatic rings. The van der Waals surface area contributed by atoms with Gasteiger partial charge in [-0.1, -0.05) is 19.1 Å². The Balaban J connectivity index is 0.00000225. The topological polar surface area (TPSA) is 56.0 Å². The van der Waals surface area contributed by atoms with Crippen LogP contribution in [0.3, 0.4) is 0 Å². The molecule has 0 bridgehead atoms. The van der Waals surface area contributed by atoms with Crippen LogP contribution >= 0.6 is 24.8 Å². The second kappa shape index (κ2) is 12.2. The first-order valence-electron chi connectivity index (χ1n) is 10.3. The summed E-state index contributed by atoms with van der Waals surface area (Å²) in [6.07, 6.45) is 5.00. The summed E-state index contributed by atoms with van der Waals surface area (Å²) in [7, 11) is 2.22. The van der Waals surface area contributed by atoms with Crippen molar-refractivity contribution in [1.82, 2.24) is 19.8 Å². The molecule has 2 heterocycles. The largest absolute Gasteiger partial charge is 0.291 e. The van der Waals surface area contributed by atoms with Crippen molar-refractivity contribution in [1.29, 1.82) is 5.26 Å². The van der Waals surface area contributed by atoms with Gasteiger partial charge in [0.1, 0.15) is 6.07 Å². The first kappa shape index (κ1) is 26.3. The zero-order valence-electron chi connectivity index (χ0n) is 18.4. The van der Waals surface area contributed by atoms with E-state index in [1.807, 2.05) is 6.07 Å². The van der Waals surface area contributed by atoms with Gasteiger partial charge >= 0.3 is 0 Å². The fourth-order valence-electron chi connectivity index (χ4n) is 4.06. The molecule has 1 aromatic heterocycles. The third-order valence-corrected chi connectivity index (χ3v) is 5.87. The highest BCUT2D eigenvalue weighted by atomic mass is 35.5. The van der Waals surface area contributed by atoms with Gasteiger partial charge in [-0.05, 0) is 89.5 Å². The number of benzene rings is 1. The molecule has 1 aliphatic heterocycles. The maximum absolute atomic E-state index is 9.36. The van der Waals surface area contributed by atoms with E-state index in [4.69, 9.17) is 0 Å². The quantitative estimate of drug-likeness (QED) is 0.608. The fraction of sp³-hybridized carbons (Fsp3) is 0.522. The highest BCUT2D eigenvalue weighted by Crippen LogP contribution is 2.22. The second-order valence-electron chi connectivity index (χ2n) is 7.81. The minimum Gasteiger partial charge on any atom is -0.291 e. The lowest BCUT2D eigenvalue weighted by Crippen LogP contribution is -2.42. The first-order valence-corrected chi connectivity index (χ1v) is 10.3. The SMILES string of the molecule is CCN1CCCC1N(C)CCCc1cc(-c2ccc(C)c(C)c2)nc(C#N)n1.Cl.Cl. The molecule has 1 unspecified atom stereocenters. The van der Waals surface area contributed by atoms with Gasteiger partial charge in [0.15, 0.2) is 0 Å². The zero-order chi connectivity index (χ0) is 20.1. The summed E-state index contributed by atoms with van der Waals surface area (Å²) in [5.74, 6) is 0.257. The maximum atomic E-state index is 9.36. The van der Waals surface area contributed by atoms with E-state index in [1.165, 1.54) is 30.5 Å². The summed E-state index contributed by atoms with van der Waals surface area (Å²) in [4.78, 5) is 13.9. The average Bonchev–Trinajstić information content (AvgIpc) is 3.18. The van der Waals surface area contributed by atoms with Gasteiger partial charge in [-0.25, -0.2) is 9.97 Å². The lowest BCUT2D eigenvalue weighted by atomic mass is 10.0. The molecule has 0 saturated carbocycles. The number of nitriles is 1. The average molecular weight is 450 g/mol. The minimum absolute atomic E-state index is 0. The Morgan fingerprint density at radius 1 is 1.17 bits per heavy atom. The van der Waals surface area contributed by atoms with Crippen molar-refractivity contribution in [2.75, 3.05) is 26.7 Å². The van der Waals surface area contributed by atoms with Crippen molar-refractivity contribution in [2.24, 2.45) is 0 Å². The Kier molecular flexibility index (Phi) is 10.7. The molecule has 0 spiro atoms. The second-order valence-corrected chi connectivity index (χ2v) is 7.81. The molecular weight excluding hydrogens is 417 g/mol. The van der Waals surface area contributed by atoms with Crippen LogP contribution in [0.4, 0.5) is 0 Å². The molecule has 30 heavy (non-hydrogen) atoms. The van der Waals surface area contributed by atoms with Crippen LogP contribution in [0.15, 0.2) is 24.3 Å². The van der Waals surface area contributed by atoms with Crippen molar-refractivity contribution in [3.05, 3.63) is 46.9 Å². The molecule has 1 saturated heterocycles. The van der Waals surface area contributed by atoms with Crippen LogP contribution < -0.4 is 0 Å². The standard InChI is InChI=1S/C23H31N5.2ClH/c1-5-28-13-7-9-23(28)27(4)12-6-8-20-15-21(26-22(16-24)25-20)19-11-10-17(2)18(3)14-19;;/h10-11,14-15,23H,5-9,12-13H2,1-4H3;2*1H. The van der Waals surface area contributed by atoms with E-state index in [0.29, 0.717) is 6.17 Å². The predicted octanol–water partition coefficient (Wildman–Crippen LogP) is 4.78. The lowest BCUT2D eigenvalue weighted by Gasteiger charge is -2.31. The van der Waals surface area contributed by atoms with Crippen molar-refractivity contribution in [2.45, 2.75) is 52.6 Å². The molecule has 0 amide bonds. The molecule has 0 aliphatic carbocycles. The summed E-state index contributed by atoms with van der Waals surface area (Å²) in [6.45, 7) is 9.81. The Labute approximate surface area is 193 Å². The molecule has 1 atom stereocenters. The third-order valence-electron chi connectivity index (χ3n) is 5.87. The van der Waals surface area contributed by atoms with Crippen LogP contribution in [-0.2, 0) is 6.42 Å². The normalized spacial score (nSPS) is 16.1. The molecule has 0 N–H and O–H groups in total. The number of nitrogens with zero attached hydrogens (tertiary/aromatic N) is 5. The van der Waals surface area contributed by atoms with Crippen molar-refractivity contribution in [3.8, 4) is 17.3 Å². The van der Waals surface area contributed by atoms with Gasteiger partial charge in [0.05, 0.1) is 11.9 Å². The maximum Gasteiger partial charge on any atom is 0.232 e. The van der Waals surface area contributed by atoms with Crippen molar-refractivity contribution < 1.29 is 0 Å². The van der Waals surface area contributed by atoms with Crippen LogP contribution in [-0.4, -0.2) is 52.6 Å². The number of likely N-dealkylation sites (tertiary alicyclic amines) is 1. The molecular formula is C23H33Cl2N5. The van der Waals surface area contributed by atoms with Gasteiger partial charge in [0, 0.05) is 11.3 Å². The van der Waals surface area contributed by atoms with Gasteiger partial charge < -0.3 is 0 Å². The smallest absolute Gasteiger partial charge is 0.232 e. The molecule has 5 nitrogen and oxygen atoms in total. The number of aryl methyl sites for hydroxylation is 3. The summed E-state index contributed by atoms with van der Waals surface area (Å²) in [5, 5.41) is 9.36. The molecule has 1 aromatic carbocycles. The summed E-state index contributed by atoms with van der Waals surface area (Å²) in [6, 6.07) is 10.5. The van der Waals surface area contributed by atoms with Gasteiger partial charge in [-0.3, -0.25) is 9.80 Å². The monoisotopic (exact) mass is 449 g/mol. The molecule has 2 aromatic rings. The fourth-order valence-corrected chi connectivity index (χ4v) is 4.06. The lowest BCUT2D eigenvalue weighted by molar-refractivity contribution is 0.101. The molecule has 0 radical (unpaired) electrons. The summed E-state index contributed by atoms with van der Waals surface area (Å²) in [5.41, 5.74) is 5.33. The molecule has 7 heteroatoms. The predicted molar refractivity (Wildman–Crippen MR) is 127 cm³/mol. The Morgan fingerprint density at radius 3 is 2.60 bits per heavy atom. The number of hydrogen-bond donors (Lipinski definition) is 0. The summed E-state index contributed by atoms with van der Waals surface area (Å²) < 4.78 is 0. The van der Waals surface area contributed by atoms with Crippen LogP contribution in [0.1, 0.15) is 48.8 Å². The van der Waals surface area contributed by atoms with E-state index in [2.05, 4.69) is 71.9 Å². The van der Waals surface area contributed by atoms with E-state index in [9.17, 15) is 5.26 Å². The van der Waals surface area contributed by atoms with Gasteiger partial charge in [0.25, 0.3) is 0 Å². The van der Waals surface area contributed by atoms with E-state index in [-0.39, 0.29) is 30.6 Å². The van der Waals surface area contributed by atoms with E-state index in [0.717, 1.165) is 42.9 Å². The molecule has 1 fully saturated rings. The first-order chi connectivity index (χ1) is 13.5. The highest BCUT2D eigenvalue weighted by molar-refractivity contribution is 5.85. The minimum atomic E-state index is 0. The van der Waals surface area contributed by atoms with Crippen LogP contribution in [0.5, 0.6) is 0 Å². The van der Waals surface area contributed by atoms with Crippen LogP contribution in [0.2, 0.25) is 0 Å². The third kappa shape index (κ3) is 6.39.